The van der Waals surface area contributed by atoms with Crippen LogP contribution in [-0.2, 0) is 5.60 Å². The van der Waals surface area contributed by atoms with Crippen molar-refractivity contribution in [1.82, 2.24) is 10.3 Å². The molecule has 1 atom stereocenters. The summed E-state index contributed by atoms with van der Waals surface area (Å²) in [6, 6.07) is 2.00. The van der Waals surface area contributed by atoms with E-state index >= 15 is 0 Å². The van der Waals surface area contributed by atoms with Crippen LogP contribution in [0.15, 0.2) is 18.5 Å². The van der Waals surface area contributed by atoms with Crippen molar-refractivity contribution in [1.29, 1.82) is 0 Å². The number of nitrogens with zero attached hydrogens (tertiary/aromatic N) is 1. The van der Waals surface area contributed by atoms with Crippen LogP contribution in [0.4, 0.5) is 0 Å². The Kier molecular flexibility index (Phi) is 2.06. The molecule has 3 heteroatoms. The second-order valence-corrected chi connectivity index (χ2v) is 3.71. The Morgan fingerprint density at radius 2 is 2.38 bits per heavy atom. The van der Waals surface area contributed by atoms with Crippen molar-refractivity contribution in [2.75, 3.05) is 13.1 Å². The molecule has 13 heavy (non-hydrogen) atoms. The number of hydrogen-bond donors (Lipinski definition) is 2. The number of aliphatic hydroxyl groups is 1. The molecule has 0 aliphatic carbocycles. The molecule has 3 nitrogen and oxygen atoms in total. The Morgan fingerprint density at radius 1 is 1.54 bits per heavy atom. The Labute approximate surface area is 77.8 Å². The number of aromatic nitrogens is 1. The SMILES string of the molecule is Cc1cncc(C2(O)CCNC2)c1. The highest BCUT2D eigenvalue weighted by Crippen LogP contribution is 2.27. The summed E-state index contributed by atoms with van der Waals surface area (Å²) in [7, 11) is 0. The summed E-state index contributed by atoms with van der Waals surface area (Å²) in [5.41, 5.74) is 1.33. The van der Waals surface area contributed by atoms with Crippen LogP contribution in [0.2, 0.25) is 0 Å². The van der Waals surface area contributed by atoms with Crippen LogP contribution >= 0.6 is 0 Å². The lowest BCUT2D eigenvalue weighted by molar-refractivity contribution is 0.0583. The third kappa shape index (κ3) is 1.57. The molecule has 1 unspecified atom stereocenters. The lowest BCUT2D eigenvalue weighted by Gasteiger charge is -2.21. The number of β-amino-alcohol motifs (C(OH)–C–C–N with tert-alkyl or cyclic N) is 1. The topological polar surface area (TPSA) is 45.2 Å². The van der Waals surface area contributed by atoms with E-state index in [1.165, 1.54) is 0 Å². The van der Waals surface area contributed by atoms with Crippen molar-refractivity contribution in [2.45, 2.75) is 18.9 Å². The molecule has 1 saturated heterocycles. The lowest BCUT2D eigenvalue weighted by Crippen LogP contribution is -2.28. The first-order chi connectivity index (χ1) is 6.21. The van der Waals surface area contributed by atoms with Crippen LogP contribution in [0.5, 0.6) is 0 Å². The average molecular weight is 178 g/mol. The van der Waals surface area contributed by atoms with E-state index < -0.39 is 5.60 Å². The van der Waals surface area contributed by atoms with Crippen LogP contribution in [-0.4, -0.2) is 23.2 Å². The zero-order valence-corrected chi connectivity index (χ0v) is 7.75. The highest BCUT2D eigenvalue weighted by atomic mass is 16.3. The molecule has 1 aliphatic rings. The molecule has 1 fully saturated rings. The second kappa shape index (κ2) is 3.09. The summed E-state index contributed by atoms with van der Waals surface area (Å²) in [5.74, 6) is 0. The van der Waals surface area contributed by atoms with Gasteiger partial charge in [-0.1, -0.05) is 6.07 Å². The van der Waals surface area contributed by atoms with E-state index in [4.69, 9.17) is 0 Å². The Hall–Kier alpha value is -0.930. The molecule has 0 aromatic carbocycles. The van der Waals surface area contributed by atoms with E-state index in [1.54, 1.807) is 12.4 Å². The van der Waals surface area contributed by atoms with Gasteiger partial charge in [0.2, 0.25) is 0 Å². The molecular formula is C10H14N2O. The van der Waals surface area contributed by atoms with Gasteiger partial charge in [0.25, 0.3) is 0 Å². The van der Waals surface area contributed by atoms with Crippen molar-refractivity contribution in [3.8, 4) is 0 Å². The van der Waals surface area contributed by atoms with Gasteiger partial charge in [0, 0.05) is 24.5 Å². The fourth-order valence-corrected chi connectivity index (χ4v) is 1.73. The first kappa shape index (κ1) is 8.66. The molecule has 0 spiro atoms. The van der Waals surface area contributed by atoms with Gasteiger partial charge in [-0.2, -0.15) is 0 Å². The maximum atomic E-state index is 10.2. The van der Waals surface area contributed by atoms with Crippen molar-refractivity contribution in [3.63, 3.8) is 0 Å². The van der Waals surface area contributed by atoms with Crippen molar-refractivity contribution >= 4 is 0 Å². The highest BCUT2D eigenvalue weighted by molar-refractivity contribution is 5.24. The predicted octanol–water partition coefficient (Wildman–Crippen LogP) is 0.571. The minimum atomic E-state index is -0.695. The smallest absolute Gasteiger partial charge is 0.105 e. The summed E-state index contributed by atoms with van der Waals surface area (Å²) in [4.78, 5) is 4.09. The maximum absolute atomic E-state index is 10.2. The average Bonchev–Trinajstić information content (AvgIpc) is 2.54. The summed E-state index contributed by atoms with van der Waals surface area (Å²) in [6.07, 6.45) is 4.33. The normalized spacial score (nSPS) is 27.8. The van der Waals surface area contributed by atoms with E-state index in [2.05, 4.69) is 10.3 Å². The van der Waals surface area contributed by atoms with Crippen LogP contribution < -0.4 is 5.32 Å². The monoisotopic (exact) mass is 178 g/mol. The minimum Gasteiger partial charge on any atom is -0.384 e. The Bertz CT molecular complexity index is 306. The molecule has 0 amide bonds. The zero-order valence-electron chi connectivity index (χ0n) is 7.75. The molecule has 1 aromatic rings. The molecule has 1 aliphatic heterocycles. The summed E-state index contributed by atoms with van der Waals surface area (Å²) in [5, 5.41) is 13.3. The van der Waals surface area contributed by atoms with Gasteiger partial charge < -0.3 is 10.4 Å². The van der Waals surface area contributed by atoms with Gasteiger partial charge in [0.15, 0.2) is 0 Å². The van der Waals surface area contributed by atoms with Crippen LogP contribution in [0.1, 0.15) is 17.5 Å². The molecule has 0 radical (unpaired) electrons. The van der Waals surface area contributed by atoms with Gasteiger partial charge in [0.1, 0.15) is 5.60 Å². The van der Waals surface area contributed by atoms with E-state index in [-0.39, 0.29) is 0 Å². The quantitative estimate of drug-likeness (QED) is 0.661. The standard InChI is InChI=1S/C10H14N2O/c1-8-4-9(6-12-5-8)10(13)2-3-11-7-10/h4-6,11,13H,2-3,7H2,1H3. The highest BCUT2D eigenvalue weighted by Gasteiger charge is 2.33. The second-order valence-electron chi connectivity index (χ2n) is 3.71. The third-order valence-electron chi connectivity index (χ3n) is 2.55. The largest absolute Gasteiger partial charge is 0.384 e. The van der Waals surface area contributed by atoms with Gasteiger partial charge >= 0.3 is 0 Å². The summed E-state index contributed by atoms with van der Waals surface area (Å²) >= 11 is 0. The molecule has 2 heterocycles. The van der Waals surface area contributed by atoms with Crippen molar-refractivity contribution in [3.05, 3.63) is 29.6 Å². The van der Waals surface area contributed by atoms with E-state index in [0.717, 1.165) is 24.1 Å². The van der Waals surface area contributed by atoms with E-state index in [9.17, 15) is 5.11 Å². The minimum absolute atomic E-state index is 0.637. The fraction of sp³-hybridized carbons (Fsp3) is 0.500. The van der Waals surface area contributed by atoms with E-state index in [1.807, 2.05) is 13.0 Å². The number of hydrogen-bond acceptors (Lipinski definition) is 3. The van der Waals surface area contributed by atoms with Gasteiger partial charge in [0.05, 0.1) is 0 Å². The zero-order chi connectivity index (χ0) is 9.31. The predicted molar refractivity (Wildman–Crippen MR) is 50.4 cm³/mol. The molecule has 1 aromatic heterocycles. The Morgan fingerprint density at radius 3 is 3.00 bits per heavy atom. The van der Waals surface area contributed by atoms with Gasteiger partial charge in [-0.3, -0.25) is 4.98 Å². The maximum Gasteiger partial charge on any atom is 0.105 e. The number of aryl methyl sites for hydroxylation is 1. The molecule has 2 rings (SSSR count). The molecule has 70 valence electrons. The summed E-state index contributed by atoms with van der Waals surface area (Å²) in [6.45, 7) is 3.50. The fourth-order valence-electron chi connectivity index (χ4n) is 1.73. The van der Waals surface area contributed by atoms with Crippen LogP contribution in [0.3, 0.4) is 0 Å². The number of rotatable bonds is 1. The number of nitrogens with one attached hydrogen (secondary N) is 1. The van der Waals surface area contributed by atoms with Gasteiger partial charge in [-0.25, -0.2) is 0 Å². The van der Waals surface area contributed by atoms with Crippen molar-refractivity contribution < 1.29 is 5.11 Å². The van der Waals surface area contributed by atoms with Crippen LogP contribution in [0, 0.1) is 6.92 Å². The van der Waals surface area contributed by atoms with E-state index in [0.29, 0.717) is 6.54 Å². The third-order valence-corrected chi connectivity index (χ3v) is 2.55. The summed E-state index contributed by atoms with van der Waals surface area (Å²) < 4.78 is 0. The van der Waals surface area contributed by atoms with Crippen molar-refractivity contribution in [2.24, 2.45) is 0 Å². The first-order valence-electron chi connectivity index (χ1n) is 4.56. The first-order valence-corrected chi connectivity index (χ1v) is 4.56. The molecule has 0 bridgehead atoms. The molecular weight excluding hydrogens is 164 g/mol. The van der Waals surface area contributed by atoms with Gasteiger partial charge in [-0.05, 0) is 25.5 Å². The Balaban J connectivity index is 2.33. The number of pyridine rings is 1. The van der Waals surface area contributed by atoms with Crippen LogP contribution in [0.25, 0.3) is 0 Å². The molecule has 0 saturated carbocycles. The molecule has 2 N–H and O–H groups in total. The van der Waals surface area contributed by atoms with Gasteiger partial charge in [-0.15, -0.1) is 0 Å². The lowest BCUT2D eigenvalue weighted by atomic mass is 9.94.